The standard InChI is InChI=1S/C12H12N2O2/c1-2-16-12(15)10-5-6-11(14)9(8-10)4-3-7-13/h3-6,8H,2,14H2,1H3/b4-3+. The maximum atomic E-state index is 11.4. The highest BCUT2D eigenvalue weighted by molar-refractivity contribution is 5.91. The van der Waals surface area contributed by atoms with Gasteiger partial charge in [-0.15, -0.1) is 0 Å². The number of rotatable bonds is 3. The third-order valence-corrected chi connectivity index (χ3v) is 1.94. The molecule has 0 aliphatic carbocycles. The molecule has 0 aliphatic heterocycles. The predicted molar refractivity (Wildman–Crippen MR) is 61.5 cm³/mol. The van der Waals surface area contributed by atoms with Crippen molar-refractivity contribution in [3.05, 3.63) is 35.4 Å². The minimum absolute atomic E-state index is 0.326. The summed E-state index contributed by atoms with van der Waals surface area (Å²) in [6, 6.07) is 6.67. The normalized spacial score (nSPS) is 10.0. The maximum absolute atomic E-state index is 11.4. The number of carbonyl (C=O) groups excluding carboxylic acids is 1. The van der Waals surface area contributed by atoms with Crippen LogP contribution in [0.3, 0.4) is 0 Å². The Balaban J connectivity index is 3.03. The molecule has 0 bridgehead atoms. The van der Waals surface area contributed by atoms with Crippen LogP contribution >= 0.6 is 0 Å². The lowest BCUT2D eigenvalue weighted by Gasteiger charge is -2.04. The molecule has 0 aromatic heterocycles. The van der Waals surface area contributed by atoms with Gasteiger partial charge in [-0.2, -0.15) is 5.26 Å². The van der Waals surface area contributed by atoms with E-state index in [1.54, 1.807) is 31.2 Å². The molecule has 0 spiro atoms. The Hall–Kier alpha value is -2.28. The largest absolute Gasteiger partial charge is 0.462 e. The van der Waals surface area contributed by atoms with E-state index in [4.69, 9.17) is 15.7 Å². The number of benzene rings is 1. The number of nitrogens with two attached hydrogens (primary N) is 1. The Bertz CT molecular complexity index is 459. The molecule has 4 heteroatoms. The van der Waals surface area contributed by atoms with Crippen molar-refractivity contribution in [2.24, 2.45) is 0 Å². The summed E-state index contributed by atoms with van der Waals surface area (Å²) in [7, 11) is 0. The van der Waals surface area contributed by atoms with E-state index >= 15 is 0 Å². The second-order valence-electron chi connectivity index (χ2n) is 3.03. The summed E-state index contributed by atoms with van der Waals surface area (Å²) in [5.41, 5.74) is 7.26. The molecule has 1 aromatic carbocycles. The predicted octanol–water partition coefficient (Wildman–Crippen LogP) is 1.98. The van der Waals surface area contributed by atoms with Crippen LogP contribution in [0.25, 0.3) is 6.08 Å². The van der Waals surface area contributed by atoms with Crippen LogP contribution in [-0.2, 0) is 4.74 Å². The summed E-state index contributed by atoms with van der Waals surface area (Å²) in [5.74, 6) is -0.394. The maximum Gasteiger partial charge on any atom is 0.338 e. The first kappa shape index (κ1) is 11.8. The van der Waals surface area contributed by atoms with Gasteiger partial charge in [0.15, 0.2) is 0 Å². The molecule has 0 saturated carbocycles. The van der Waals surface area contributed by atoms with Gasteiger partial charge in [-0.1, -0.05) is 0 Å². The van der Waals surface area contributed by atoms with Crippen molar-refractivity contribution in [1.29, 1.82) is 5.26 Å². The highest BCUT2D eigenvalue weighted by Gasteiger charge is 2.07. The first-order valence-corrected chi connectivity index (χ1v) is 4.82. The summed E-state index contributed by atoms with van der Waals surface area (Å²) >= 11 is 0. The Morgan fingerprint density at radius 3 is 3.00 bits per heavy atom. The van der Waals surface area contributed by atoms with Crippen molar-refractivity contribution in [3.63, 3.8) is 0 Å². The van der Waals surface area contributed by atoms with Crippen LogP contribution in [0, 0.1) is 11.3 Å². The third kappa shape index (κ3) is 2.85. The van der Waals surface area contributed by atoms with Gasteiger partial charge < -0.3 is 10.5 Å². The van der Waals surface area contributed by atoms with Crippen molar-refractivity contribution in [1.82, 2.24) is 0 Å². The number of hydrogen-bond acceptors (Lipinski definition) is 4. The number of hydrogen-bond donors (Lipinski definition) is 1. The van der Waals surface area contributed by atoms with Gasteiger partial charge in [0.05, 0.1) is 18.2 Å². The average Bonchev–Trinajstić information content (AvgIpc) is 2.28. The van der Waals surface area contributed by atoms with Crippen molar-refractivity contribution < 1.29 is 9.53 Å². The van der Waals surface area contributed by atoms with Gasteiger partial charge in [-0.05, 0) is 36.8 Å². The first-order valence-electron chi connectivity index (χ1n) is 4.82. The molecule has 0 fully saturated rings. The highest BCUT2D eigenvalue weighted by atomic mass is 16.5. The second-order valence-corrected chi connectivity index (χ2v) is 3.03. The number of nitriles is 1. The number of esters is 1. The SMILES string of the molecule is CCOC(=O)c1ccc(N)c(/C=C/C#N)c1. The highest BCUT2D eigenvalue weighted by Crippen LogP contribution is 2.16. The molecule has 82 valence electrons. The average molecular weight is 216 g/mol. The zero-order valence-electron chi connectivity index (χ0n) is 8.93. The molecule has 2 N–H and O–H groups in total. The van der Waals surface area contributed by atoms with Crippen LogP contribution in [0.4, 0.5) is 5.69 Å². The molecule has 1 rings (SSSR count). The molecule has 0 atom stereocenters. The van der Waals surface area contributed by atoms with Crippen molar-refractivity contribution >= 4 is 17.7 Å². The van der Waals surface area contributed by atoms with Crippen LogP contribution in [0.2, 0.25) is 0 Å². The Morgan fingerprint density at radius 1 is 1.62 bits per heavy atom. The van der Waals surface area contributed by atoms with Gasteiger partial charge in [0.1, 0.15) is 0 Å². The topological polar surface area (TPSA) is 76.1 Å². The number of nitrogen functional groups attached to an aromatic ring is 1. The van der Waals surface area contributed by atoms with Gasteiger partial charge in [-0.25, -0.2) is 4.79 Å². The fraction of sp³-hybridized carbons (Fsp3) is 0.167. The Morgan fingerprint density at radius 2 is 2.38 bits per heavy atom. The molecule has 0 radical (unpaired) electrons. The number of anilines is 1. The lowest BCUT2D eigenvalue weighted by molar-refractivity contribution is 0.0526. The van der Waals surface area contributed by atoms with E-state index in [1.807, 2.05) is 6.07 Å². The van der Waals surface area contributed by atoms with Crippen molar-refractivity contribution in [2.45, 2.75) is 6.92 Å². The number of carbonyl (C=O) groups is 1. The van der Waals surface area contributed by atoms with Gasteiger partial charge >= 0.3 is 5.97 Å². The summed E-state index contributed by atoms with van der Waals surface area (Å²) < 4.78 is 4.86. The molecular formula is C12H12N2O2. The summed E-state index contributed by atoms with van der Waals surface area (Å²) in [6.45, 7) is 2.07. The number of allylic oxidation sites excluding steroid dienone is 1. The smallest absolute Gasteiger partial charge is 0.338 e. The molecule has 1 aromatic rings. The van der Waals surface area contributed by atoms with Crippen molar-refractivity contribution in [2.75, 3.05) is 12.3 Å². The second kappa shape index (κ2) is 5.56. The van der Waals surface area contributed by atoms with E-state index in [9.17, 15) is 4.79 Å². The lowest BCUT2D eigenvalue weighted by atomic mass is 10.1. The van der Waals surface area contributed by atoms with E-state index in [0.717, 1.165) is 0 Å². The zero-order valence-corrected chi connectivity index (χ0v) is 8.93. The van der Waals surface area contributed by atoms with Crippen LogP contribution in [0.1, 0.15) is 22.8 Å². The van der Waals surface area contributed by atoms with E-state index in [-0.39, 0.29) is 0 Å². The molecule has 0 heterocycles. The fourth-order valence-electron chi connectivity index (χ4n) is 1.19. The Kier molecular flexibility index (Phi) is 4.10. The monoisotopic (exact) mass is 216 g/mol. The quantitative estimate of drug-likeness (QED) is 0.476. The molecule has 0 unspecified atom stereocenters. The number of nitrogens with zero attached hydrogens (tertiary/aromatic N) is 1. The summed E-state index contributed by atoms with van der Waals surface area (Å²) in [4.78, 5) is 11.4. The van der Waals surface area contributed by atoms with Gasteiger partial charge in [0.2, 0.25) is 0 Å². The molecule has 0 saturated heterocycles. The molecule has 0 aliphatic rings. The number of ether oxygens (including phenoxy) is 1. The van der Waals surface area contributed by atoms with Crippen LogP contribution < -0.4 is 5.73 Å². The van der Waals surface area contributed by atoms with Gasteiger partial charge in [0, 0.05) is 11.8 Å². The van der Waals surface area contributed by atoms with E-state index < -0.39 is 5.97 Å². The van der Waals surface area contributed by atoms with E-state index in [0.29, 0.717) is 23.4 Å². The molecule has 4 nitrogen and oxygen atoms in total. The van der Waals surface area contributed by atoms with Gasteiger partial charge in [0.25, 0.3) is 0 Å². The minimum atomic E-state index is -0.394. The first-order chi connectivity index (χ1) is 7.69. The molecule has 0 amide bonds. The van der Waals surface area contributed by atoms with Crippen molar-refractivity contribution in [3.8, 4) is 6.07 Å². The Labute approximate surface area is 93.9 Å². The molecule has 16 heavy (non-hydrogen) atoms. The molecular weight excluding hydrogens is 204 g/mol. The fourth-order valence-corrected chi connectivity index (χ4v) is 1.19. The summed E-state index contributed by atoms with van der Waals surface area (Å²) in [5, 5.41) is 8.41. The van der Waals surface area contributed by atoms with Gasteiger partial charge in [-0.3, -0.25) is 0 Å². The van der Waals surface area contributed by atoms with Crippen LogP contribution in [0.5, 0.6) is 0 Å². The minimum Gasteiger partial charge on any atom is -0.462 e. The van der Waals surface area contributed by atoms with E-state index in [1.165, 1.54) is 6.08 Å². The van der Waals surface area contributed by atoms with Crippen LogP contribution in [0.15, 0.2) is 24.3 Å². The van der Waals surface area contributed by atoms with E-state index in [2.05, 4.69) is 0 Å². The third-order valence-electron chi connectivity index (χ3n) is 1.94. The zero-order chi connectivity index (χ0) is 12.0. The lowest BCUT2D eigenvalue weighted by Crippen LogP contribution is -2.05. The summed E-state index contributed by atoms with van der Waals surface area (Å²) in [6.07, 6.45) is 2.86. The van der Waals surface area contributed by atoms with Crippen LogP contribution in [-0.4, -0.2) is 12.6 Å².